The van der Waals surface area contributed by atoms with Crippen LogP contribution < -0.4 is 20.1 Å². The number of alkyl halides is 2. The number of amides is 1. The molecule has 24 heavy (non-hydrogen) atoms. The third kappa shape index (κ3) is 5.27. The standard InChI is InChI=1S/C16H15ClF2N2O3/c1-23-12-6-7-13(17)14(8-12)20-9-15(22)21-10-2-4-11(5-3-10)24-16(18)19/h2-8,16,20H,9H2,1H3,(H,21,22). The number of methoxy groups -OCH3 is 1. The molecule has 0 heterocycles. The van der Waals surface area contributed by atoms with Gasteiger partial charge in [-0.3, -0.25) is 4.79 Å². The van der Waals surface area contributed by atoms with Gasteiger partial charge < -0.3 is 20.1 Å². The topological polar surface area (TPSA) is 59.6 Å². The van der Waals surface area contributed by atoms with E-state index in [1.54, 1.807) is 18.2 Å². The van der Waals surface area contributed by atoms with E-state index < -0.39 is 6.61 Å². The Morgan fingerprint density at radius 3 is 2.46 bits per heavy atom. The Morgan fingerprint density at radius 2 is 1.83 bits per heavy atom. The van der Waals surface area contributed by atoms with Crippen molar-refractivity contribution in [3.8, 4) is 11.5 Å². The summed E-state index contributed by atoms with van der Waals surface area (Å²) in [6.07, 6.45) is 0. The minimum absolute atomic E-state index is 0.0179. The maximum absolute atomic E-state index is 12.1. The van der Waals surface area contributed by atoms with Crippen molar-refractivity contribution in [2.45, 2.75) is 6.61 Å². The number of carbonyl (C=O) groups excluding carboxylic acids is 1. The van der Waals surface area contributed by atoms with Crippen molar-refractivity contribution >= 4 is 28.9 Å². The number of benzene rings is 2. The van der Waals surface area contributed by atoms with Crippen LogP contribution >= 0.6 is 11.6 Å². The van der Waals surface area contributed by atoms with Gasteiger partial charge in [0.25, 0.3) is 0 Å². The van der Waals surface area contributed by atoms with Gasteiger partial charge in [0.1, 0.15) is 11.5 Å². The van der Waals surface area contributed by atoms with Crippen LogP contribution in [0.15, 0.2) is 42.5 Å². The molecular formula is C16H15ClF2N2O3. The van der Waals surface area contributed by atoms with Crippen molar-refractivity contribution in [2.24, 2.45) is 0 Å². The van der Waals surface area contributed by atoms with E-state index in [2.05, 4.69) is 15.4 Å². The number of hydrogen-bond acceptors (Lipinski definition) is 4. The third-order valence-electron chi connectivity index (χ3n) is 2.98. The molecule has 2 aromatic rings. The van der Waals surface area contributed by atoms with Crippen LogP contribution in [0.4, 0.5) is 20.2 Å². The summed E-state index contributed by atoms with van der Waals surface area (Å²) >= 11 is 6.03. The lowest BCUT2D eigenvalue weighted by Gasteiger charge is -2.11. The number of halogens is 3. The van der Waals surface area contributed by atoms with Crippen LogP contribution in [0.3, 0.4) is 0 Å². The first-order chi connectivity index (χ1) is 11.5. The van der Waals surface area contributed by atoms with Crippen LogP contribution in [0.5, 0.6) is 11.5 Å². The highest BCUT2D eigenvalue weighted by Gasteiger charge is 2.07. The van der Waals surface area contributed by atoms with Gasteiger partial charge in [0, 0.05) is 11.8 Å². The third-order valence-corrected chi connectivity index (χ3v) is 3.31. The Bertz CT molecular complexity index is 696. The highest BCUT2D eigenvalue weighted by molar-refractivity contribution is 6.33. The maximum Gasteiger partial charge on any atom is 0.387 e. The summed E-state index contributed by atoms with van der Waals surface area (Å²) in [6, 6.07) is 10.6. The summed E-state index contributed by atoms with van der Waals surface area (Å²) in [5.74, 6) is 0.303. The van der Waals surface area contributed by atoms with Gasteiger partial charge in [0.2, 0.25) is 5.91 Å². The quantitative estimate of drug-likeness (QED) is 0.787. The molecule has 2 N–H and O–H groups in total. The SMILES string of the molecule is COc1ccc(Cl)c(NCC(=O)Nc2ccc(OC(F)F)cc2)c1. The molecule has 0 aliphatic carbocycles. The summed E-state index contributed by atoms with van der Waals surface area (Å²) in [6.45, 7) is -2.91. The second kappa shape index (κ2) is 8.35. The molecule has 2 aromatic carbocycles. The van der Waals surface area contributed by atoms with Crippen molar-refractivity contribution in [1.29, 1.82) is 0 Å². The van der Waals surface area contributed by atoms with E-state index in [1.807, 2.05) is 0 Å². The molecule has 0 bridgehead atoms. The van der Waals surface area contributed by atoms with Crippen molar-refractivity contribution in [1.82, 2.24) is 0 Å². The molecule has 0 saturated carbocycles. The first kappa shape index (κ1) is 17.8. The average molecular weight is 357 g/mol. The van der Waals surface area contributed by atoms with Crippen LogP contribution in [0.1, 0.15) is 0 Å². The number of nitrogens with one attached hydrogen (secondary N) is 2. The number of hydrogen-bond donors (Lipinski definition) is 2. The lowest BCUT2D eigenvalue weighted by atomic mass is 10.3. The molecule has 0 saturated heterocycles. The van der Waals surface area contributed by atoms with E-state index in [4.69, 9.17) is 16.3 Å². The fourth-order valence-electron chi connectivity index (χ4n) is 1.87. The molecule has 5 nitrogen and oxygen atoms in total. The molecular weight excluding hydrogens is 342 g/mol. The second-order valence-corrected chi connectivity index (χ2v) is 5.06. The second-order valence-electron chi connectivity index (χ2n) is 4.65. The Morgan fingerprint density at radius 1 is 1.17 bits per heavy atom. The molecule has 2 rings (SSSR count). The summed E-state index contributed by atoms with van der Waals surface area (Å²) < 4.78 is 33.4. The van der Waals surface area contributed by atoms with E-state index in [0.29, 0.717) is 22.1 Å². The molecule has 8 heteroatoms. The first-order valence-corrected chi connectivity index (χ1v) is 7.28. The van der Waals surface area contributed by atoms with Crippen LogP contribution in [-0.2, 0) is 4.79 Å². The maximum atomic E-state index is 12.1. The lowest BCUT2D eigenvalue weighted by molar-refractivity contribution is -0.114. The zero-order chi connectivity index (χ0) is 17.5. The van der Waals surface area contributed by atoms with Crippen molar-refractivity contribution in [3.63, 3.8) is 0 Å². The van der Waals surface area contributed by atoms with E-state index in [-0.39, 0.29) is 18.2 Å². The first-order valence-electron chi connectivity index (χ1n) is 6.90. The van der Waals surface area contributed by atoms with Crippen LogP contribution in [0.25, 0.3) is 0 Å². The minimum Gasteiger partial charge on any atom is -0.497 e. The molecule has 128 valence electrons. The average Bonchev–Trinajstić information content (AvgIpc) is 2.55. The number of ether oxygens (including phenoxy) is 2. The molecule has 0 unspecified atom stereocenters. The molecule has 0 aliphatic heterocycles. The summed E-state index contributed by atoms with van der Waals surface area (Å²) in [5.41, 5.74) is 1.02. The normalized spacial score (nSPS) is 10.4. The highest BCUT2D eigenvalue weighted by Crippen LogP contribution is 2.26. The highest BCUT2D eigenvalue weighted by atomic mass is 35.5. The predicted octanol–water partition coefficient (Wildman–Crippen LogP) is 4.00. The molecule has 0 atom stereocenters. The summed E-state index contributed by atoms with van der Waals surface area (Å²) in [5, 5.41) is 5.97. The van der Waals surface area contributed by atoms with Gasteiger partial charge in [0.05, 0.1) is 24.4 Å². The van der Waals surface area contributed by atoms with Gasteiger partial charge in [-0.2, -0.15) is 8.78 Å². The van der Waals surface area contributed by atoms with E-state index >= 15 is 0 Å². The zero-order valence-corrected chi connectivity index (χ0v) is 13.4. The van der Waals surface area contributed by atoms with Crippen LogP contribution in [0, 0.1) is 0 Å². The monoisotopic (exact) mass is 356 g/mol. The van der Waals surface area contributed by atoms with Gasteiger partial charge in [-0.1, -0.05) is 11.6 Å². The van der Waals surface area contributed by atoms with Gasteiger partial charge in [-0.25, -0.2) is 0 Å². The Labute approximate surface area is 142 Å². The van der Waals surface area contributed by atoms with E-state index in [1.165, 1.54) is 31.4 Å². The number of rotatable bonds is 7. The molecule has 0 fully saturated rings. The minimum atomic E-state index is -2.89. The van der Waals surface area contributed by atoms with Gasteiger partial charge in [-0.05, 0) is 36.4 Å². The van der Waals surface area contributed by atoms with Gasteiger partial charge in [-0.15, -0.1) is 0 Å². The number of carbonyl (C=O) groups is 1. The molecule has 0 radical (unpaired) electrons. The molecule has 0 spiro atoms. The molecule has 1 amide bonds. The Hall–Kier alpha value is -2.54. The van der Waals surface area contributed by atoms with Crippen molar-refractivity contribution in [3.05, 3.63) is 47.5 Å². The molecule has 0 aromatic heterocycles. The predicted molar refractivity (Wildman–Crippen MR) is 88.2 cm³/mol. The van der Waals surface area contributed by atoms with E-state index in [0.717, 1.165) is 0 Å². The van der Waals surface area contributed by atoms with Gasteiger partial charge >= 0.3 is 6.61 Å². The summed E-state index contributed by atoms with van der Waals surface area (Å²) in [4.78, 5) is 11.9. The molecule has 0 aliphatic rings. The van der Waals surface area contributed by atoms with Crippen molar-refractivity contribution in [2.75, 3.05) is 24.3 Å². The largest absolute Gasteiger partial charge is 0.497 e. The lowest BCUT2D eigenvalue weighted by Crippen LogP contribution is -2.21. The summed E-state index contributed by atoms with van der Waals surface area (Å²) in [7, 11) is 1.53. The number of anilines is 2. The van der Waals surface area contributed by atoms with Crippen LogP contribution in [-0.4, -0.2) is 26.2 Å². The fourth-order valence-corrected chi connectivity index (χ4v) is 2.05. The van der Waals surface area contributed by atoms with Gasteiger partial charge in [0.15, 0.2) is 0 Å². The van der Waals surface area contributed by atoms with Crippen molar-refractivity contribution < 1.29 is 23.0 Å². The fraction of sp³-hybridized carbons (Fsp3) is 0.188. The smallest absolute Gasteiger partial charge is 0.387 e. The Kier molecular flexibility index (Phi) is 6.20. The zero-order valence-electron chi connectivity index (χ0n) is 12.7. The van der Waals surface area contributed by atoms with Crippen LogP contribution in [0.2, 0.25) is 5.02 Å². The van der Waals surface area contributed by atoms with E-state index in [9.17, 15) is 13.6 Å². The Balaban J connectivity index is 1.89.